The Hall–Kier alpha value is -0.390. The molecule has 1 rings (SSSR count). The van der Waals surface area contributed by atoms with Gasteiger partial charge in [-0.2, -0.15) is 0 Å². The number of rotatable bonds is 1. The van der Waals surface area contributed by atoms with Crippen molar-refractivity contribution in [3.63, 3.8) is 0 Å². The van der Waals surface area contributed by atoms with Gasteiger partial charge in [-0.15, -0.1) is 0 Å². The lowest BCUT2D eigenvalue weighted by molar-refractivity contribution is 0.0953. The van der Waals surface area contributed by atoms with E-state index in [1.807, 2.05) is 6.07 Å². The molecule has 1 aromatic rings. The molecule has 1 aromatic carbocycles. The van der Waals surface area contributed by atoms with Crippen LogP contribution in [0.2, 0.25) is 0 Å². The highest BCUT2D eigenvalue weighted by atomic mass is 79.9. The molecule has 0 bridgehead atoms. The summed E-state index contributed by atoms with van der Waals surface area (Å²) in [5.41, 5.74) is 2.57. The van der Waals surface area contributed by atoms with Crippen LogP contribution in [-0.4, -0.2) is 5.91 Å². The molecule has 0 saturated heterocycles. The van der Waals surface area contributed by atoms with Crippen LogP contribution in [0.25, 0.3) is 0 Å². The first-order valence-electron chi connectivity index (χ1n) is 3.11. The number of hydrogen-bond acceptors (Lipinski definition) is 2. The van der Waals surface area contributed by atoms with E-state index in [-0.39, 0.29) is 5.91 Å². The van der Waals surface area contributed by atoms with Crippen molar-refractivity contribution in [2.45, 2.75) is 0 Å². The second-order valence-electron chi connectivity index (χ2n) is 2.10. The molecule has 0 aliphatic rings. The number of carbonyl (C=O) groups excluding carboxylic acids is 1. The van der Waals surface area contributed by atoms with E-state index >= 15 is 0 Å². The van der Waals surface area contributed by atoms with Gasteiger partial charge >= 0.3 is 0 Å². The molecule has 0 aromatic heterocycles. The van der Waals surface area contributed by atoms with Crippen molar-refractivity contribution in [2.24, 2.45) is 5.84 Å². The van der Waals surface area contributed by atoms with Crippen molar-refractivity contribution in [2.75, 3.05) is 0 Å². The predicted octanol–water partition coefficient (Wildman–Crippen LogP) is 1.82. The van der Waals surface area contributed by atoms with Crippen molar-refractivity contribution in [1.82, 2.24) is 5.43 Å². The number of benzene rings is 1. The number of carbonyl (C=O) groups is 1. The number of hydrazine groups is 1. The van der Waals surface area contributed by atoms with Crippen LogP contribution in [0.3, 0.4) is 0 Å². The molecule has 12 heavy (non-hydrogen) atoms. The molecule has 0 radical (unpaired) electrons. The summed E-state index contributed by atoms with van der Waals surface area (Å²) in [7, 11) is 0. The Morgan fingerprint density at radius 2 is 2.08 bits per heavy atom. The zero-order valence-electron chi connectivity index (χ0n) is 5.97. The quantitative estimate of drug-likeness (QED) is 0.471. The van der Waals surface area contributed by atoms with Gasteiger partial charge in [0.25, 0.3) is 5.91 Å². The number of amides is 1. The molecule has 0 aliphatic carbocycles. The summed E-state index contributed by atoms with van der Waals surface area (Å²) in [4.78, 5) is 11.1. The minimum atomic E-state index is -0.317. The first-order chi connectivity index (χ1) is 5.65. The number of nitrogens with two attached hydrogens (primary N) is 1. The average Bonchev–Trinajstić information content (AvgIpc) is 2.08. The summed E-state index contributed by atoms with van der Waals surface area (Å²) < 4.78 is 1.55. The van der Waals surface area contributed by atoms with Crippen molar-refractivity contribution >= 4 is 37.8 Å². The van der Waals surface area contributed by atoms with Crippen molar-refractivity contribution in [1.29, 1.82) is 0 Å². The van der Waals surface area contributed by atoms with Gasteiger partial charge in [0.05, 0.1) is 5.56 Å². The normalized spacial score (nSPS) is 9.58. The number of hydrogen-bond donors (Lipinski definition) is 2. The summed E-state index contributed by atoms with van der Waals surface area (Å²) in [6, 6.07) is 5.29. The number of nitrogen functional groups attached to an aromatic ring is 1. The second-order valence-corrected chi connectivity index (χ2v) is 3.87. The highest BCUT2D eigenvalue weighted by molar-refractivity contribution is 9.11. The molecule has 3 nitrogen and oxygen atoms in total. The lowest BCUT2D eigenvalue weighted by atomic mass is 10.2. The summed E-state index contributed by atoms with van der Waals surface area (Å²) in [5.74, 6) is 4.67. The van der Waals surface area contributed by atoms with E-state index in [0.717, 1.165) is 4.47 Å². The summed E-state index contributed by atoms with van der Waals surface area (Å²) in [6.07, 6.45) is 0. The van der Waals surface area contributed by atoms with Gasteiger partial charge in [-0.05, 0) is 34.1 Å². The molecular formula is C7H6Br2N2O. The maximum atomic E-state index is 11.1. The minimum Gasteiger partial charge on any atom is -0.290 e. The molecule has 0 atom stereocenters. The van der Waals surface area contributed by atoms with Crippen LogP contribution in [0.4, 0.5) is 0 Å². The first kappa shape index (κ1) is 9.70. The summed E-state index contributed by atoms with van der Waals surface area (Å²) in [5, 5.41) is 0. The lowest BCUT2D eigenvalue weighted by Crippen LogP contribution is -2.30. The fourth-order valence-electron chi connectivity index (χ4n) is 0.749. The van der Waals surface area contributed by atoms with Gasteiger partial charge in [-0.3, -0.25) is 10.2 Å². The Kier molecular flexibility index (Phi) is 3.25. The Balaban J connectivity index is 3.13. The van der Waals surface area contributed by atoms with Crippen molar-refractivity contribution in [3.05, 3.63) is 32.7 Å². The zero-order valence-corrected chi connectivity index (χ0v) is 9.15. The molecule has 0 unspecified atom stereocenters. The highest BCUT2D eigenvalue weighted by Gasteiger charge is 2.07. The maximum absolute atomic E-state index is 11.1. The van der Waals surface area contributed by atoms with Gasteiger partial charge in [-0.25, -0.2) is 5.84 Å². The molecule has 0 saturated carbocycles. The number of nitrogens with one attached hydrogen (secondary N) is 1. The fourth-order valence-corrected chi connectivity index (χ4v) is 1.54. The molecule has 0 heterocycles. The molecule has 5 heteroatoms. The van der Waals surface area contributed by atoms with Gasteiger partial charge < -0.3 is 0 Å². The van der Waals surface area contributed by atoms with Crippen LogP contribution in [0.1, 0.15) is 10.4 Å². The van der Waals surface area contributed by atoms with Crippen LogP contribution in [0, 0.1) is 0 Å². The highest BCUT2D eigenvalue weighted by Crippen LogP contribution is 2.20. The minimum absolute atomic E-state index is 0.317. The largest absolute Gasteiger partial charge is 0.290 e. The van der Waals surface area contributed by atoms with E-state index in [9.17, 15) is 4.79 Å². The fraction of sp³-hybridized carbons (Fsp3) is 0. The third-order valence-electron chi connectivity index (χ3n) is 1.30. The van der Waals surface area contributed by atoms with Crippen LogP contribution >= 0.6 is 31.9 Å². The van der Waals surface area contributed by atoms with Crippen LogP contribution in [0.15, 0.2) is 27.1 Å². The zero-order chi connectivity index (χ0) is 9.14. The van der Waals surface area contributed by atoms with Crippen LogP contribution in [-0.2, 0) is 0 Å². The van der Waals surface area contributed by atoms with Gasteiger partial charge in [0, 0.05) is 8.95 Å². The number of halogens is 2. The maximum Gasteiger partial charge on any atom is 0.266 e. The van der Waals surface area contributed by atoms with Gasteiger partial charge in [0.1, 0.15) is 0 Å². The summed E-state index contributed by atoms with van der Waals surface area (Å²) in [6.45, 7) is 0. The predicted molar refractivity (Wildman–Crippen MR) is 53.5 cm³/mol. The van der Waals surface area contributed by atoms with E-state index in [2.05, 4.69) is 37.3 Å². The monoisotopic (exact) mass is 292 g/mol. The molecule has 64 valence electrons. The Bertz CT molecular complexity index is 314. The van der Waals surface area contributed by atoms with Crippen LogP contribution in [0.5, 0.6) is 0 Å². The standard InChI is InChI=1S/C7H6Br2N2O/c8-4-1-2-6(9)5(3-4)7(12)11-10/h1-3H,10H2,(H,11,12). The third kappa shape index (κ3) is 2.06. The van der Waals surface area contributed by atoms with E-state index in [1.54, 1.807) is 12.1 Å². The Morgan fingerprint density at radius 1 is 1.42 bits per heavy atom. The SMILES string of the molecule is NNC(=O)c1cc(Br)ccc1Br. The lowest BCUT2D eigenvalue weighted by Gasteiger charge is -2.02. The topological polar surface area (TPSA) is 55.1 Å². The Labute approximate surface area is 86.6 Å². The van der Waals surface area contributed by atoms with Crippen molar-refractivity contribution < 1.29 is 4.79 Å². The van der Waals surface area contributed by atoms with E-state index in [1.165, 1.54) is 0 Å². The van der Waals surface area contributed by atoms with Gasteiger partial charge in [-0.1, -0.05) is 15.9 Å². The second kappa shape index (κ2) is 4.02. The van der Waals surface area contributed by atoms with E-state index < -0.39 is 0 Å². The van der Waals surface area contributed by atoms with Crippen molar-refractivity contribution in [3.8, 4) is 0 Å². The van der Waals surface area contributed by atoms with Gasteiger partial charge in [0.15, 0.2) is 0 Å². The molecule has 1 amide bonds. The molecular weight excluding hydrogens is 288 g/mol. The molecule has 3 N–H and O–H groups in total. The van der Waals surface area contributed by atoms with Crippen LogP contribution < -0.4 is 11.3 Å². The molecule has 0 fully saturated rings. The first-order valence-corrected chi connectivity index (χ1v) is 4.69. The third-order valence-corrected chi connectivity index (χ3v) is 2.49. The average molecular weight is 294 g/mol. The van der Waals surface area contributed by atoms with E-state index in [0.29, 0.717) is 10.0 Å². The smallest absolute Gasteiger partial charge is 0.266 e. The molecule has 0 spiro atoms. The summed E-state index contributed by atoms with van der Waals surface area (Å²) >= 11 is 6.49. The Morgan fingerprint density at radius 3 is 2.67 bits per heavy atom. The van der Waals surface area contributed by atoms with Gasteiger partial charge in [0.2, 0.25) is 0 Å². The molecule has 0 aliphatic heterocycles. The van der Waals surface area contributed by atoms with E-state index in [4.69, 9.17) is 5.84 Å².